The minimum Gasteiger partial charge on any atom is -0.344 e. The summed E-state index contributed by atoms with van der Waals surface area (Å²) in [5.74, 6) is 0.572. The number of unbranched alkanes of at least 4 members (excludes halogenated alkanes) is 27. The first-order chi connectivity index (χ1) is 25.3. The maximum atomic E-state index is 2.66. The zero-order valence-electron chi connectivity index (χ0n) is 36.5. The Kier molecular flexibility index (Phi) is 25.9. The van der Waals surface area contributed by atoms with E-state index in [0.29, 0.717) is 11.3 Å². The number of rotatable bonds is 34. The van der Waals surface area contributed by atoms with E-state index in [9.17, 15) is 0 Å². The van der Waals surface area contributed by atoms with Crippen molar-refractivity contribution in [3.8, 4) is 0 Å². The Hall–Kier alpha value is -1.50. The highest BCUT2D eigenvalue weighted by molar-refractivity contribution is 5.70. The van der Waals surface area contributed by atoms with Crippen LogP contribution in [-0.4, -0.2) is 6.54 Å². The molecule has 1 aromatic carbocycles. The number of hydrogen-bond donors (Lipinski definition) is 0. The van der Waals surface area contributed by atoms with Crippen molar-refractivity contribution in [1.29, 1.82) is 0 Å². The number of nitrogens with zero attached hydrogens (tertiary/aromatic N) is 1. The predicted octanol–water partition coefficient (Wildman–Crippen LogP) is 17.6. The highest BCUT2D eigenvalue weighted by Gasteiger charge is 2.39. The van der Waals surface area contributed by atoms with E-state index in [2.05, 4.69) is 95.9 Å². The van der Waals surface area contributed by atoms with E-state index >= 15 is 0 Å². The molecule has 52 heavy (non-hydrogen) atoms. The molecule has 0 spiro atoms. The normalized spacial score (nSPS) is 15.7. The van der Waals surface area contributed by atoms with Crippen molar-refractivity contribution in [2.75, 3.05) is 11.4 Å². The lowest BCUT2D eigenvalue weighted by Crippen LogP contribution is -2.27. The first-order valence-electron chi connectivity index (χ1n) is 23.5. The molecular weight excluding hydrogens is 627 g/mol. The van der Waals surface area contributed by atoms with Crippen molar-refractivity contribution in [1.82, 2.24) is 0 Å². The third-order valence-electron chi connectivity index (χ3n) is 12.8. The summed E-state index contributed by atoms with van der Waals surface area (Å²) in [5.41, 5.74) is 4.79. The second-order valence-electron chi connectivity index (χ2n) is 18.3. The van der Waals surface area contributed by atoms with Crippen molar-refractivity contribution >= 4 is 5.69 Å². The topological polar surface area (TPSA) is 3.24 Å². The van der Waals surface area contributed by atoms with Crippen molar-refractivity contribution in [3.05, 3.63) is 53.8 Å². The number of fused-ring (bicyclic) bond motifs is 1. The van der Waals surface area contributed by atoms with Crippen LogP contribution in [0, 0.1) is 11.3 Å². The second-order valence-corrected chi connectivity index (χ2v) is 18.3. The smallest absolute Gasteiger partial charge is 0.0450 e. The Morgan fingerprint density at radius 2 is 0.942 bits per heavy atom. The number of hydrogen-bond acceptors (Lipinski definition) is 1. The van der Waals surface area contributed by atoms with Crippen LogP contribution in [0.3, 0.4) is 0 Å². The predicted molar refractivity (Wildman–Crippen MR) is 237 cm³/mol. The second kappa shape index (κ2) is 28.9. The molecule has 1 heterocycles. The Morgan fingerprint density at radius 3 is 1.38 bits per heavy atom. The van der Waals surface area contributed by atoms with Crippen LogP contribution in [0.4, 0.5) is 5.69 Å². The zero-order valence-corrected chi connectivity index (χ0v) is 36.5. The van der Waals surface area contributed by atoms with Gasteiger partial charge in [0.2, 0.25) is 0 Å². The molecule has 2 rings (SSSR count). The summed E-state index contributed by atoms with van der Waals surface area (Å²) >= 11 is 0. The van der Waals surface area contributed by atoms with Crippen molar-refractivity contribution in [2.24, 2.45) is 11.3 Å². The zero-order chi connectivity index (χ0) is 37.8. The van der Waals surface area contributed by atoms with Gasteiger partial charge >= 0.3 is 0 Å². The van der Waals surface area contributed by atoms with Crippen LogP contribution >= 0.6 is 0 Å². The van der Waals surface area contributed by atoms with Gasteiger partial charge in [-0.05, 0) is 41.9 Å². The van der Waals surface area contributed by atoms with E-state index in [1.165, 1.54) is 210 Å². The first-order valence-corrected chi connectivity index (χ1v) is 23.5. The number of benzene rings is 1. The molecule has 300 valence electrons. The van der Waals surface area contributed by atoms with Crippen LogP contribution in [-0.2, 0) is 5.41 Å². The summed E-state index contributed by atoms with van der Waals surface area (Å²) < 4.78 is 0. The fourth-order valence-electron chi connectivity index (χ4n) is 8.60. The molecule has 1 heteroatoms. The molecule has 0 saturated carbocycles. The number of allylic oxidation sites excluding steroid dienone is 4. The van der Waals surface area contributed by atoms with Gasteiger partial charge in [0.05, 0.1) is 0 Å². The largest absolute Gasteiger partial charge is 0.344 e. The quantitative estimate of drug-likeness (QED) is 0.0642. The van der Waals surface area contributed by atoms with Gasteiger partial charge in [-0.1, -0.05) is 259 Å². The van der Waals surface area contributed by atoms with Gasteiger partial charge in [-0.3, -0.25) is 0 Å². The standard InChI is InChI=1S/C51H91N/c1-8-10-12-14-16-18-20-22-23-24-26-28-30-32-34-38-45-52-48-42-36-35-41-47(48)51(6,7)49(52)43-39-40-46(3)50(4,5)44-37-33-31-29-27-25-21-19-17-15-13-11-9-2/h35-36,39-43,46H,8-34,37-38,44-45H2,1-7H3. The molecule has 0 aromatic heterocycles. The van der Waals surface area contributed by atoms with E-state index in [-0.39, 0.29) is 5.41 Å². The molecule has 1 aliphatic rings. The molecule has 0 saturated heterocycles. The lowest BCUT2D eigenvalue weighted by molar-refractivity contribution is 0.244. The van der Waals surface area contributed by atoms with Gasteiger partial charge in [0.25, 0.3) is 0 Å². The number of para-hydroxylation sites is 1. The maximum absolute atomic E-state index is 2.66. The average molecular weight is 718 g/mol. The molecule has 1 nitrogen and oxygen atoms in total. The van der Waals surface area contributed by atoms with Crippen LogP contribution in [0.25, 0.3) is 0 Å². The third kappa shape index (κ3) is 19.2. The number of anilines is 1. The Bertz CT molecular complexity index is 1040. The summed E-state index contributed by atoms with van der Waals surface area (Å²) in [6, 6.07) is 9.18. The highest BCUT2D eigenvalue weighted by atomic mass is 15.2. The molecular formula is C51H91N. The Labute approximate surface area is 327 Å². The lowest BCUT2D eigenvalue weighted by atomic mass is 9.75. The fourth-order valence-corrected chi connectivity index (χ4v) is 8.60. The van der Waals surface area contributed by atoms with E-state index < -0.39 is 0 Å². The van der Waals surface area contributed by atoms with E-state index in [0.717, 1.165) is 6.54 Å². The van der Waals surface area contributed by atoms with Crippen molar-refractivity contribution in [2.45, 2.75) is 247 Å². The average Bonchev–Trinajstić information content (AvgIpc) is 3.34. The SMILES string of the molecule is CCCCCCCCCCCCCCCCCCN1C(=CC=CC(C)C(C)(C)CCCCCCCCCCCCCCC)C(C)(C)c2ccccc21. The molecule has 1 unspecified atom stereocenters. The minimum atomic E-state index is 0.0450. The fraction of sp³-hybridized carbons (Fsp3) is 0.804. The maximum Gasteiger partial charge on any atom is 0.0450 e. The summed E-state index contributed by atoms with van der Waals surface area (Å²) in [5, 5.41) is 0. The molecule has 0 aliphatic carbocycles. The molecule has 0 radical (unpaired) electrons. The van der Waals surface area contributed by atoms with Crippen LogP contribution in [0.2, 0.25) is 0 Å². The van der Waals surface area contributed by atoms with Crippen molar-refractivity contribution in [3.63, 3.8) is 0 Å². The van der Waals surface area contributed by atoms with Gasteiger partial charge in [0.15, 0.2) is 0 Å². The Balaban J connectivity index is 1.68. The molecule has 1 atom stereocenters. The highest BCUT2D eigenvalue weighted by Crippen LogP contribution is 2.47. The van der Waals surface area contributed by atoms with Gasteiger partial charge in [0.1, 0.15) is 0 Å². The van der Waals surface area contributed by atoms with Gasteiger partial charge in [0, 0.05) is 23.3 Å². The van der Waals surface area contributed by atoms with E-state index in [1.807, 2.05) is 0 Å². The minimum absolute atomic E-state index is 0.0450. The van der Waals surface area contributed by atoms with Gasteiger partial charge in [-0.2, -0.15) is 0 Å². The van der Waals surface area contributed by atoms with Crippen LogP contribution < -0.4 is 4.90 Å². The Morgan fingerprint density at radius 1 is 0.558 bits per heavy atom. The summed E-state index contributed by atoms with van der Waals surface area (Å²) in [6.45, 7) is 18.1. The van der Waals surface area contributed by atoms with Crippen molar-refractivity contribution < 1.29 is 0 Å². The molecule has 0 fully saturated rings. The van der Waals surface area contributed by atoms with Gasteiger partial charge < -0.3 is 4.90 Å². The van der Waals surface area contributed by atoms with Gasteiger partial charge in [-0.15, -0.1) is 0 Å². The monoisotopic (exact) mass is 718 g/mol. The summed E-state index contributed by atoms with van der Waals surface area (Å²) in [6.07, 6.45) is 50.1. The first kappa shape index (κ1) is 46.7. The van der Waals surface area contributed by atoms with E-state index in [1.54, 1.807) is 0 Å². The van der Waals surface area contributed by atoms with Crippen LogP contribution in [0.15, 0.2) is 48.2 Å². The molecule has 0 bridgehead atoms. The lowest BCUT2D eigenvalue weighted by Gasteiger charge is -2.30. The molecule has 1 aliphatic heterocycles. The molecule has 0 N–H and O–H groups in total. The van der Waals surface area contributed by atoms with Gasteiger partial charge in [-0.25, -0.2) is 0 Å². The molecule has 0 amide bonds. The van der Waals surface area contributed by atoms with E-state index in [4.69, 9.17) is 0 Å². The third-order valence-corrected chi connectivity index (χ3v) is 12.8. The molecule has 1 aromatic rings. The summed E-state index contributed by atoms with van der Waals surface area (Å²) in [7, 11) is 0. The summed E-state index contributed by atoms with van der Waals surface area (Å²) in [4.78, 5) is 2.66. The van der Waals surface area contributed by atoms with Crippen LogP contribution in [0.1, 0.15) is 247 Å². The van der Waals surface area contributed by atoms with Crippen LogP contribution in [0.5, 0.6) is 0 Å².